The molecule has 0 radical (unpaired) electrons. The van der Waals surface area contributed by atoms with Gasteiger partial charge in [-0.1, -0.05) is 29.8 Å². The van der Waals surface area contributed by atoms with Crippen molar-refractivity contribution in [1.82, 2.24) is 14.9 Å². The highest BCUT2D eigenvalue weighted by Gasteiger charge is 2.19. The summed E-state index contributed by atoms with van der Waals surface area (Å²) in [5, 5.41) is 3.30. The lowest BCUT2D eigenvalue weighted by atomic mass is 10.1. The summed E-state index contributed by atoms with van der Waals surface area (Å²) in [4.78, 5) is 18.3. The predicted octanol–water partition coefficient (Wildman–Crippen LogP) is 2.97. The molecule has 3 aromatic rings. The van der Waals surface area contributed by atoms with E-state index in [2.05, 4.69) is 41.5 Å². The third kappa shape index (κ3) is 2.26. The second-order valence-corrected chi connectivity index (χ2v) is 6.85. The van der Waals surface area contributed by atoms with Crippen LogP contribution in [0.4, 0.5) is 0 Å². The first-order valence-corrected chi connectivity index (χ1v) is 8.32. The topological polar surface area (TPSA) is 46.9 Å². The Labute approximate surface area is 132 Å². The molecular formula is C17H17N3OS. The zero-order valence-corrected chi connectivity index (χ0v) is 13.2. The molecule has 22 heavy (non-hydrogen) atoms. The number of thiophene rings is 1. The maximum Gasteiger partial charge on any atom is 0.271 e. The lowest BCUT2D eigenvalue weighted by molar-refractivity contribution is 0.526. The molecule has 0 unspecified atom stereocenters. The van der Waals surface area contributed by atoms with Gasteiger partial charge in [-0.2, -0.15) is 0 Å². The number of nitrogens with one attached hydrogen (secondary N) is 1. The van der Waals surface area contributed by atoms with E-state index in [1.807, 2.05) is 6.07 Å². The minimum atomic E-state index is 0.0852. The van der Waals surface area contributed by atoms with Gasteiger partial charge in [0.05, 0.1) is 17.9 Å². The van der Waals surface area contributed by atoms with Crippen LogP contribution in [0.1, 0.15) is 18.0 Å². The average molecular weight is 311 g/mol. The van der Waals surface area contributed by atoms with Crippen LogP contribution in [0.15, 0.2) is 41.5 Å². The van der Waals surface area contributed by atoms with Crippen LogP contribution in [-0.2, 0) is 0 Å². The summed E-state index contributed by atoms with van der Waals surface area (Å²) in [6.07, 6.45) is 2.69. The molecule has 5 heteroatoms. The van der Waals surface area contributed by atoms with Crippen molar-refractivity contribution >= 4 is 21.6 Å². The first-order chi connectivity index (χ1) is 10.7. The molecule has 0 spiro atoms. The largest absolute Gasteiger partial charge is 0.315 e. The Bertz CT molecular complexity index is 873. The maximum atomic E-state index is 12.7. The van der Waals surface area contributed by atoms with Crippen molar-refractivity contribution in [2.45, 2.75) is 19.4 Å². The molecule has 2 aromatic heterocycles. The van der Waals surface area contributed by atoms with Gasteiger partial charge in [-0.3, -0.25) is 9.36 Å². The Morgan fingerprint density at radius 3 is 2.86 bits per heavy atom. The molecule has 112 valence electrons. The summed E-state index contributed by atoms with van der Waals surface area (Å²) in [6.45, 7) is 3.89. The second kappa shape index (κ2) is 5.34. The maximum absolute atomic E-state index is 12.7. The minimum Gasteiger partial charge on any atom is -0.315 e. The number of fused-ring (bicyclic) bond motifs is 1. The number of aryl methyl sites for hydroxylation is 1. The molecule has 4 nitrogen and oxygen atoms in total. The molecule has 1 saturated heterocycles. The lowest BCUT2D eigenvalue weighted by Gasteiger charge is -2.11. The zero-order valence-electron chi connectivity index (χ0n) is 12.4. The smallest absolute Gasteiger partial charge is 0.271 e. The van der Waals surface area contributed by atoms with Gasteiger partial charge in [0, 0.05) is 11.4 Å². The van der Waals surface area contributed by atoms with Crippen LogP contribution < -0.4 is 10.9 Å². The standard InChI is InChI=1S/C17H17N3OS/c1-11-2-4-12(5-3-11)15-8-14-16(22-15)17(21)20(10-19-14)13-6-7-18-9-13/h2-5,8,10,13,18H,6-7,9H2,1H3/t13-/m0/s1. The van der Waals surface area contributed by atoms with E-state index >= 15 is 0 Å². The van der Waals surface area contributed by atoms with E-state index in [4.69, 9.17) is 0 Å². The van der Waals surface area contributed by atoms with E-state index in [1.54, 1.807) is 10.9 Å². The van der Waals surface area contributed by atoms with E-state index in [0.29, 0.717) is 0 Å². The average Bonchev–Trinajstić information content (AvgIpc) is 3.17. The molecule has 4 rings (SSSR count). The highest BCUT2D eigenvalue weighted by Crippen LogP contribution is 2.31. The van der Waals surface area contributed by atoms with Gasteiger partial charge in [-0.05, 0) is 31.5 Å². The second-order valence-electron chi connectivity index (χ2n) is 5.79. The Morgan fingerprint density at radius 1 is 1.32 bits per heavy atom. The third-order valence-corrected chi connectivity index (χ3v) is 5.39. The summed E-state index contributed by atoms with van der Waals surface area (Å²) in [6, 6.07) is 10.6. The Kier molecular flexibility index (Phi) is 3.32. The first kappa shape index (κ1) is 13.7. The fourth-order valence-electron chi connectivity index (χ4n) is 2.92. The lowest BCUT2D eigenvalue weighted by Crippen LogP contribution is -2.25. The predicted molar refractivity (Wildman–Crippen MR) is 90.6 cm³/mol. The SMILES string of the molecule is Cc1ccc(-c2cc3ncn([C@H]4CCNC4)c(=O)c3s2)cc1. The van der Waals surface area contributed by atoms with Crippen molar-refractivity contribution in [3.63, 3.8) is 0 Å². The summed E-state index contributed by atoms with van der Waals surface area (Å²) < 4.78 is 2.54. The fourth-order valence-corrected chi connectivity index (χ4v) is 3.97. The number of nitrogens with zero attached hydrogens (tertiary/aromatic N) is 2. The first-order valence-electron chi connectivity index (χ1n) is 7.51. The Hall–Kier alpha value is -1.98. The van der Waals surface area contributed by atoms with Gasteiger partial charge in [0.25, 0.3) is 5.56 Å². The Balaban J connectivity index is 1.82. The summed E-state index contributed by atoms with van der Waals surface area (Å²) >= 11 is 1.54. The third-order valence-electron chi connectivity index (χ3n) is 4.23. The summed E-state index contributed by atoms with van der Waals surface area (Å²) in [5.41, 5.74) is 3.26. The quantitative estimate of drug-likeness (QED) is 0.791. The van der Waals surface area contributed by atoms with Crippen molar-refractivity contribution in [3.05, 3.63) is 52.6 Å². The molecule has 0 bridgehead atoms. The molecule has 1 aliphatic rings. The monoisotopic (exact) mass is 311 g/mol. The highest BCUT2D eigenvalue weighted by molar-refractivity contribution is 7.22. The van der Waals surface area contributed by atoms with Crippen LogP contribution in [0, 0.1) is 6.92 Å². The van der Waals surface area contributed by atoms with Crippen molar-refractivity contribution < 1.29 is 0 Å². The fraction of sp³-hybridized carbons (Fsp3) is 0.294. The van der Waals surface area contributed by atoms with E-state index in [9.17, 15) is 4.79 Å². The normalized spacial score (nSPS) is 18.1. The molecular weight excluding hydrogens is 294 g/mol. The summed E-state index contributed by atoms with van der Waals surface area (Å²) in [7, 11) is 0. The molecule has 0 saturated carbocycles. The van der Waals surface area contributed by atoms with Gasteiger partial charge >= 0.3 is 0 Å². The van der Waals surface area contributed by atoms with Crippen molar-refractivity contribution in [3.8, 4) is 10.4 Å². The van der Waals surface area contributed by atoms with Crippen LogP contribution in [0.3, 0.4) is 0 Å². The van der Waals surface area contributed by atoms with Crippen molar-refractivity contribution in [2.24, 2.45) is 0 Å². The van der Waals surface area contributed by atoms with E-state index < -0.39 is 0 Å². The Morgan fingerprint density at radius 2 is 2.14 bits per heavy atom. The number of benzene rings is 1. The minimum absolute atomic E-state index is 0.0852. The van der Waals surface area contributed by atoms with Crippen molar-refractivity contribution in [1.29, 1.82) is 0 Å². The molecule has 1 aromatic carbocycles. The number of hydrogen-bond donors (Lipinski definition) is 1. The molecule has 1 N–H and O–H groups in total. The van der Waals surface area contributed by atoms with Gasteiger partial charge in [0.15, 0.2) is 0 Å². The zero-order chi connectivity index (χ0) is 15.1. The molecule has 0 aliphatic carbocycles. The van der Waals surface area contributed by atoms with Crippen LogP contribution in [-0.4, -0.2) is 22.6 Å². The van der Waals surface area contributed by atoms with Gasteiger partial charge in [0.2, 0.25) is 0 Å². The van der Waals surface area contributed by atoms with Crippen LogP contribution >= 0.6 is 11.3 Å². The van der Waals surface area contributed by atoms with E-state index in [0.717, 1.165) is 40.2 Å². The summed E-state index contributed by atoms with van der Waals surface area (Å²) in [5.74, 6) is 0. The molecule has 3 heterocycles. The number of hydrogen-bond acceptors (Lipinski definition) is 4. The van der Waals surface area contributed by atoms with Gasteiger partial charge in [0.1, 0.15) is 4.70 Å². The van der Waals surface area contributed by atoms with Gasteiger partial charge < -0.3 is 5.32 Å². The molecule has 1 aliphatic heterocycles. The van der Waals surface area contributed by atoms with E-state index in [1.165, 1.54) is 16.9 Å². The van der Waals surface area contributed by atoms with Crippen LogP contribution in [0.2, 0.25) is 0 Å². The highest BCUT2D eigenvalue weighted by atomic mass is 32.1. The molecule has 1 atom stereocenters. The van der Waals surface area contributed by atoms with Crippen LogP contribution in [0.25, 0.3) is 20.7 Å². The number of aromatic nitrogens is 2. The molecule has 1 fully saturated rings. The number of rotatable bonds is 2. The van der Waals surface area contributed by atoms with Crippen molar-refractivity contribution in [2.75, 3.05) is 13.1 Å². The van der Waals surface area contributed by atoms with Gasteiger partial charge in [-0.15, -0.1) is 11.3 Å². The van der Waals surface area contributed by atoms with Gasteiger partial charge in [-0.25, -0.2) is 4.98 Å². The van der Waals surface area contributed by atoms with Crippen LogP contribution in [0.5, 0.6) is 0 Å². The molecule has 0 amide bonds. The van der Waals surface area contributed by atoms with E-state index in [-0.39, 0.29) is 11.6 Å².